The summed E-state index contributed by atoms with van der Waals surface area (Å²) in [6, 6.07) is 2.94. The van der Waals surface area contributed by atoms with E-state index in [4.69, 9.17) is 21.0 Å². The lowest BCUT2D eigenvalue weighted by molar-refractivity contribution is -0.139. The molecule has 0 radical (unpaired) electrons. The number of hydrogen-bond acceptors (Lipinski definition) is 4. The van der Waals surface area contributed by atoms with Crippen molar-refractivity contribution in [2.24, 2.45) is 0 Å². The van der Waals surface area contributed by atoms with Crippen LogP contribution < -0.4 is 20.1 Å². The Morgan fingerprint density at radius 3 is 2.52 bits per heavy atom. The number of terminal acetylenes is 1. The van der Waals surface area contributed by atoms with E-state index in [2.05, 4.69) is 16.6 Å². The number of carboxylic acids is 1. The molecule has 3 N–H and O–H groups in total. The number of rotatable bonds is 6. The van der Waals surface area contributed by atoms with Crippen molar-refractivity contribution in [2.45, 2.75) is 12.5 Å². The van der Waals surface area contributed by atoms with Gasteiger partial charge in [0.25, 0.3) is 0 Å². The van der Waals surface area contributed by atoms with Gasteiger partial charge in [-0.3, -0.25) is 0 Å². The molecule has 0 heterocycles. The highest BCUT2D eigenvalue weighted by molar-refractivity contribution is 5.92. The average Bonchev–Trinajstić information content (AvgIpc) is 2.46. The van der Waals surface area contributed by atoms with Gasteiger partial charge in [-0.2, -0.15) is 0 Å². The topological polar surface area (TPSA) is 96.9 Å². The molecule has 0 aliphatic carbocycles. The van der Waals surface area contributed by atoms with Crippen LogP contribution in [0.15, 0.2) is 18.2 Å². The number of anilines is 1. The molecule has 1 unspecified atom stereocenters. The van der Waals surface area contributed by atoms with E-state index in [1.807, 2.05) is 0 Å². The third kappa shape index (κ3) is 4.62. The number of benzene rings is 1. The number of aliphatic carboxylic acids is 1. The summed E-state index contributed by atoms with van der Waals surface area (Å²) in [6.45, 7) is 0. The molecule has 7 heteroatoms. The molecule has 0 saturated carbocycles. The van der Waals surface area contributed by atoms with E-state index in [0.29, 0.717) is 17.2 Å². The first-order chi connectivity index (χ1) is 10.0. The van der Waals surface area contributed by atoms with Gasteiger partial charge in [0.1, 0.15) is 6.04 Å². The molecule has 1 aromatic rings. The van der Waals surface area contributed by atoms with Crippen molar-refractivity contribution >= 4 is 17.7 Å². The highest BCUT2D eigenvalue weighted by Crippen LogP contribution is 2.29. The van der Waals surface area contributed by atoms with Gasteiger partial charge in [0.05, 0.1) is 14.2 Å². The number of carbonyl (C=O) groups excluding carboxylic acids is 1. The number of carbonyl (C=O) groups is 2. The van der Waals surface area contributed by atoms with Gasteiger partial charge < -0.3 is 25.2 Å². The highest BCUT2D eigenvalue weighted by atomic mass is 16.5. The number of hydrogen-bond donors (Lipinski definition) is 3. The molecule has 0 bridgehead atoms. The Balaban J connectivity index is 2.75. The first-order valence-corrected chi connectivity index (χ1v) is 5.97. The van der Waals surface area contributed by atoms with Crippen LogP contribution in [0.4, 0.5) is 10.5 Å². The molecule has 7 nitrogen and oxygen atoms in total. The van der Waals surface area contributed by atoms with E-state index in [0.717, 1.165) is 0 Å². The summed E-state index contributed by atoms with van der Waals surface area (Å²) >= 11 is 0. The fourth-order valence-corrected chi connectivity index (χ4v) is 1.56. The zero-order valence-electron chi connectivity index (χ0n) is 11.7. The summed E-state index contributed by atoms with van der Waals surface area (Å²) in [4.78, 5) is 22.6. The van der Waals surface area contributed by atoms with Gasteiger partial charge in [-0.05, 0) is 12.1 Å². The maximum atomic E-state index is 11.7. The van der Waals surface area contributed by atoms with Gasteiger partial charge in [-0.25, -0.2) is 9.59 Å². The Hall–Kier alpha value is -2.88. The fraction of sp³-hybridized carbons (Fsp3) is 0.286. The lowest BCUT2D eigenvalue weighted by Gasteiger charge is -2.14. The maximum Gasteiger partial charge on any atom is 0.327 e. The molecule has 0 aliphatic heterocycles. The van der Waals surface area contributed by atoms with E-state index in [-0.39, 0.29) is 6.42 Å². The normalized spacial score (nSPS) is 10.9. The Morgan fingerprint density at radius 1 is 1.33 bits per heavy atom. The first kappa shape index (κ1) is 16.2. The monoisotopic (exact) mass is 292 g/mol. The lowest BCUT2D eigenvalue weighted by Crippen LogP contribution is -2.42. The van der Waals surface area contributed by atoms with Crippen LogP contribution in [0.3, 0.4) is 0 Å². The molecule has 0 aliphatic rings. The second kappa shape index (κ2) is 7.65. The Labute approximate surface area is 122 Å². The predicted octanol–water partition coefficient (Wildman–Crippen LogP) is 1.30. The van der Waals surface area contributed by atoms with E-state index in [1.54, 1.807) is 18.2 Å². The molecule has 0 saturated heterocycles. The van der Waals surface area contributed by atoms with Crippen LogP contribution in [0.1, 0.15) is 6.42 Å². The van der Waals surface area contributed by atoms with Crippen LogP contribution in [-0.4, -0.2) is 37.4 Å². The summed E-state index contributed by atoms with van der Waals surface area (Å²) in [7, 11) is 2.96. The average molecular weight is 292 g/mol. The molecule has 0 spiro atoms. The Morgan fingerprint density at radius 2 is 2.00 bits per heavy atom. The van der Waals surface area contributed by atoms with Crippen molar-refractivity contribution in [3.05, 3.63) is 18.2 Å². The number of methoxy groups -OCH3 is 2. The molecular formula is C14H16N2O5. The van der Waals surface area contributed by atoms with Crippen molar-refractivity contribution in [1.29, 1.82) is 0 Å². The number of amides is 2. The standard InChI is InChI=1S/C14H16N2O5/c1-4-5-10(13(17)18)16-14(19)15-9-6-7-11(20-2)12(8-9)21-3/h1,6-8,10H,5H2,2-3H3,(H,17,18)(H2,15,16,19). The quantitative estimate of drug-likeness (QED) is 0.687. The maximum absolute atomic E-state index is 11.7. The summed E-state index contributed by atoms with van der Waals surface area (Å²) in [5.74, 6) is 1.94. The molecule has 112 valence electrons. The van der Waals surface area contributed by atoms with E-state index >= 15 is 0 Å². The largest absolute Gasteiger partial charge is 0.493 e. The van der Waals surface area contributed by atoms with E-state index < -0.39 is 18.0 Å². The van der Waals surface area contributed by atoms with Gasteiger partial charge in [-0.15, -0.1) is 12.3 Å². The molecule has 2 amide bonds. The minimum Gasteiger partial charge on any atom is -0.493 e. The van der Waals surface area contributed by atoms with Gasteiger partial charge >= 0.3 is 12.0 Å². The van der Waals surface area contributed by atoms with Gasteiger partial charge in [0.15, 0.2) is 11.5 Å². The summed E-state index contributed by atoms with van der Waals surface area (Å²) in [5.41, 5.74) is 0.426. The first-order valence-electron chi connectivity index (χ1n) is 5.97. The fourth-order valence-electron chi connectivity index (χ4n) is 1.56. The number of ether oxygens (including phenoxy) is 2. The molecule has 0 aromatic heterocycles. The van der Waals surface area contributed by atoms with Crippen molar-refractivity contribution in [2.75, 3.05) is 19.5 Å². The third-order valence-electron chi connectivity index (χ3n) is 2.57. The lowest BCUT2D eigenvalue weighted by atomic mass is 10.2. The van der Waals surface area contributed by atoms with Gasteiger partial charge in [-0.1, -0.05) is 0 Å². The third-order valence-corrected chi connectivity index (χ3v) is 2.57. The number of carboxylic acid groups (broad SMARTS) is 1. The number of nitrogens with one attached hydrogen (secondary N) is 2. The molecule has 0 fully saturated rings. The van der Waals surface area contributed by atoms with Gasteiger partial charge in [0, 0.05) is 18.2 Å². The highest BCUT2D eigenvalue weighted by Gasteiger charge is 2.18. The molecule has 1 aromatic carbocycles. The summed E-state index contributed by atoms with van der Waals surface area (Å²) < 4.78 is 10.2. The van der Waals surface area contributed by atoms with Crippen molar-refractivity contribution in [1.82, 2.24) is 5.32 Å². The Kier molecular flexibility index (Phi) is 5.89. The van der Waals surface area contributed by atoms with Crippen LogP contribution >= 0.6 is 0 Å². The second-order valence-corrected chi connectivity index (χ2v) is 3.97. The van der Waals surface area contributed by atoms with Crippen molar-refractivity contribution < 1.29 is 24.2 Å². The van der Waals surface area contributed by atoms with Crippen molar-refractivity contribution in [3.8, 4) is 23.8 Å². The molecule has 1 rings (SSSR count). The molecule has 21 heavy (non-hydrogen) atoms. The zero-order valence-corrected chi connectivity index (χ0v) is 11.7. The molecular weight excluding hydrogens is 276 g/mol. The summed E-state index contributed by atoms with van der Waals surface area (Å²) in [6.07, 6.45) is 4.95. The second-order valence-electron chi connectivity index (χ2n) is 3.97. The summed E-state index contributed by atoms with van der Waals surface area (Å²) in [5, 5.41) is 13.7. The van der Waals surface area contributed by atoms with Crippen LogP contribution in [-0.2, 0) is 4.79 Å². The Bertz CT molecular complexity index is 565. The van der Waals surface area contributed by atoms with Gasteiger partial charge in [0.2, 0.25) is 0 Å². The SMILES string of the molecule is C#CCC(NC(=O)Nc1ccc(OC)c(OC)c1)C(=O)O. The van der Waals surface area contributed by atoms with Crippen molar-refractivity contribution in [3.63, 3.8) is 0 Å². The van der Waals surface area contributed by atoms with Crippen LogP contribution in [0.25, 0.3) is 0 Å². The van der Waals surface area contributed by atoms with E-state index in [9.17, 15) is 9.59 Å². The minimum atomic E-state index is -1.20. The zero-order chi connectivity index (χ0) is 15.8. The smallest absolute Gasteiger partial charge is 0.327 e. The number of urea groups is 1. The van der Waals surface area contributed by atoms with Crippen LogP contribution in [0.5, 0.6) is 11.5 Å². The minimum absolute atomic E-state index is 0.102. The van der Waals surface area contributed by atoms with E-state index in [1.165, 1.54) is 14.2 Å². The predicted molar refractivity (Wildman–Crippen MR) is 76.6 cm³/mol. The molecule has 1 atom stereocenters. The van der Waals surface area contributed by atoms with Crippen LogP contribution in [0.2, 0.25) is 0 Å². The van der Waals surface area contributed by atoms with Crippen LogP contribution in [0, 0.1) is 12.3 Å².